The molecule has 1 aromatic rings. The van der Waals surface area contributed by atoms with Crippen LogP contribution in [0.15, 0.2) is 18.4 Å². The molecule has 0 aromatic heterocycles. The van der Waals surface area contributed by atoms with E-state index in [1.165, 1.54) is 7.11 Å². The zero-order valence-electron chi connectivity index (χ0n) is 10.5. The van der Waals surface area contributed by atoms with Gasteiger partial charge in [0.25, 0.3) is 0 Å². The van der Waals surface area contributed by atoms with Crippen molar-refractivity contribution >= 4 is 0 Å². The van der Waals surface area contributed by atoms with E-state index in [0.29, 0.717) is 18.4 Å². The first-order valence-corrected chi connectivity index (χ1v) is 5.97. The Bertz CT molecular complexity index is 469. The van der Waals surface area contributed by atoms with Gasteiger partial charge in [-0.1, -0.05) is 6.08 Å². The quantitative estimate of drug-likeness (QED) is 0.770. The number of rotatable bonds is 3. The molecule has 1 unspecified atom stereocenters. The Balaban J connectivity index is 2.29. The molecule has 0 heterocycles. The maximum atomic E-state index is 13.9. The molecule has 0 N–H and O–H groups in total. The van der Waals surface area contributed by atoms with Crippen LogP contribution in [0.3, 0.4) is 0 Å². The van der Waals surface area contributed by atoms with E-state index in [9.17, 15) is 8.78 Å². The van der Waals surface area contributed by atoms with Gasteiger partial charge in [0.15, 0.2) is 11.6 Å². The Morgan fingerprint density at radius 2 is 2.11 bits per heavy atom. The molecule has 2 nitrogen and oxygen atoms in total. The van der Waals surface area contributed by atoms with Gasteiger partial charge in [0, 0.05) is 6.42 Å². The number of methoxy groups -OCH3 is 1. The van der Waals surface area contributed by atoms with Crippen LogP contribution in [-0.2, 0) is 17.6 Å². The second-order valence-electron chi connectivity index (χ2n) is 4.31. The Labute approximate surface area is 105 Å². The van der Waals surface area contributed by atoms with Gasteiger partial charge in [0.2, 0.25) is 5.82 Å². The summed E-state index contributed by atoms with van der Waals surface area (Å²) in [5, 5.41) is 0. The molecule has 4 heteroatoms. The number of hydrogen-bond acceptors (Lipinski definition) is 2. The summed E-state index contributed by atoms with van der Waals surface area (Å²) < 4.78 is 37.8. The van der Waals surface area contributed by atoms with E-state index in [-0.39, 0.29) is 11.9 Å². The lowest BCUT2D eigenvalue weighted by atomic mass is 9.89. The third-order valence-electron chi connectivity index (χ3n) is 3.16. The van der Waals surface area contributed by atoms with Crippen molar-refractivity contribution in [3.63, 3.8) is 0 Å². The highest BCUT2D eigenvalue weighted by molar-refractivity contribution is 5.40. The molecule has 0 radical (unpaired) electrons. The summed E-state index contributed by atoms with van der Waals surface area (Å²) in [5.74, 6) is -1.75. The van der Waals surface area contributed by atoms with E-state index in [1.807, 2.05) is 6.92 Å². The largest absolute Gasteiger partial charge is 0.498 e. The number of fused-ring (bicyclic) bond motifs is 1. The van der Waals surface area contributed by atoms with Crippen molar-refractivity contribution in [2.24, 2.45) is 0 Å². The van der Waals surface area contributed by atoms with Crippen LogP contribution < -0.4 is 4.74 Å². The summed E-state index contributed by atoms with van der Waals surface area (Å²) in [6, 6.07) is 1.58. The lowest BCUT2D eigenvalue weighted by Gasteiger charge is -2.25. The summed E-state index contributed by atoms with van der Waals surface area (Å²) in [7, 11) is 1.34. The number of halogens is 2. The van der Waals surface area contributed by atoms with Crippen molar-refractivity contribution in [3.8, 4) is 5.75 Å². The van der Waals surface area contributed by atoms with Crippen LogP contribution in [0.25, 0.3) is 0 Å². The first-order chi connectivity index (χ1) is 8.67. The fraction of sp³-hybridized carbons (Fsp3) is 0.429. The van der Waals surface area contributed by atoms with Gasteiger partial charge in [0.1, 0.15) is 6.10 Å². The predicted molar refractivity (Wildman–Crippen MR) is 64.6 cm³/mol. The Morgan fingerprint density at radius 3 is 2.78 bits per heavy atom. The van der Waals surface area contributed by atoms with Crippen LogP contribution in [-0.4, -0.2) is 13.2 Å². The lowest BCUT2D eigenvalue weighted by molar-refractivity contribution is 0.128. The van der Waals surface area contributed by atoms with Gasteiger partial charge in [-0.05, 0) is 37.0 Å². The minimum absolute atomic E-state index is 0.0286. The highest BCUT2D eigenvalue weighted by Crippen LogP contribution is 2.32. The van der Waals surface area contributed by atoms with Crippen molar-refractivity contribution in [1.82, 2.24) is 0 Å². The first-order valence-electron chi connectivity index (χ1n) is 5.97. The van der Waals surface area contributed by atoms with E-state index >= 15 is 0 Å². The standard InChI is InChI=1S/C14H16F2O2/c1-3-6-18-10-5-4-9-7-12(17-2)14(16)13(15)11(9)8-10/h3,6-7,10H,4-5,8H2,1-2H3/b6-3+. The zero-order valence-corrected chi connectivity index (χ0v) is 10.5. The van der Waals surface area contributed by atoms with E-state index in [2.05, 4.69) is 0 Å². The average Bonchev–Trinajstić information content (AvgIpc) is 2.40. The normalized spacial score (nSPS) is 18.8. The molecule has 18 heavy (non-hydrogen) atoms. The van der Waals surface area contributed by atoms with Gasteiger partial charge in [-0.3, -0.25) is 0 Å². The molecule has 0 aliphatic heterocycles. The molecule has 1 aromatic carbocycles. The van der Waals surface area contributed by atoms with E-state index in [0.717, 1.165) is 12.0 Å². The van der Waals surface area contributed by atoms with Gasteiger partial charge >= 0.3 is 0 Å². The average molecular weight is 254 g/mol. The molecule has 1 aliphatic rings. The third kappa shape index (κ3) is 2.33. The number of aryl methyl sites for hydroxylation is 1. The molecule has 0 fully saturated rings. The predicted octanol–water partition coefficient (Wildman–Crippen LogP) is 3.38. The fourth-order valence-corrected chi connectivity index (χ4v) is 2.23. The minimum Gasteiger partial charge on any atom is -0.498 e. The summed E-state index contributed by atoms with van der Waals surface area (Å²) in [6.45, 7) is 1.85. The van der Waals surface area contributed by atoms with Crippen molar-refractivity contribution in [2.75, 3.05) is 7.11 Å². The topological polar surface area (TPSA) is 18.5 Å². The van der Waals surface area contributed by atoms with Gasteiger partial charge in [-0.25, -0.2) is 4.39 Å². The molecule has 0 saturated heterocycles. The Morgan fingerprint density at radius 1 is 1.33 bits per heavy atom. The van der Waals surface area contributed by atoms with Crippen LogP contribution in [0.4, 0.5) is 8.78 Å². The monoisotopic (exact) mass is 254 g/mol. The van der Waals surface area contributed by atoms with Crippen LogP contribution >= 0.6 is 0 Å². The Kier molecular flexibility index (Phi) is 3.84. The van der Waals surface area contributed by atoms with Gasteiger partial charge in [-0.15, -0.1) is 0 Å². The number of hydrogen-bond donors (Lipinski definition) is 0. The summed E-state index contributed by atoms with van der Waals surface area (Å²) >= 11 is 0. The van der Waals surface area contributed by atoms with Crippen LogP contribution in [0.1, 0.15) is 24.5 Å². The summed E-state index contributed by atoms with van der Waals surface area (Å²) in [6.07, 6.45) is 5.15. The second-order valence-corrected chi connectivity index (χ2v) is 4.31. The van der Waals surface area contributed by atoms with Gasteiger partial charge in [0.05, 0.1) is 13.4 Å². The van der Waals surface area contributed by atoms with Crippen molar-refractivity contribution in [1.29, 1.82) is 0 Å². The van der Waals surface area contributed by atoms with Crippen molar-refractivity contribution in [3.05, 3.63) is 41.2 Å². The molecule has 1 aliphatic carbocycles. The van der Waals surface area contributed by atoms with Gasteiger partial charge in [-0.2, -0.15) is 4.39 Å². The molecule has 98 valence electrons. The van der Waals surface area contributed by atoms with Crippen LogP contribution in [0, 0.1) is 11.6 Å². The highest BCUT2D eigenvalue weighted by atomic mass is 19.2. The third-order valence-corrected chi connectivity index (χ3v) is 3.16. The number of ether oxygens (including phenoxy) is 2. The molecule has 2 rings (SSSR count). The van der Waals surface area contributed by atoms with Crippen LogP contribution in [0.2, 0.25) is 0 Å². The second kappa shape index (κ2) is 5.38. The molecular weight excluding hydrogens is 238 g/mol. The number of benzene rings is 1. The van der Waals surface area contributed by atoms with E-state index < -0.39 is 11.6 Å². The highest BCUT2D eigenvalue weighted by Gasteiger charge is 2.26. The van der Waals surface area contributed by atoms with Crippen molar-refractivity contribution < 1.29 is 18.3 Å². The zero-order chi connectivity index (χ0) is 13.1. The lowest BCUT2D eigenvalue weighted by Crippen LogP contribution is -2.22. The van der Waals surface area contributed by atoms with E-state index in [4.69, 9.17) is 9.47 Å². The molecule has 0 amide bonds. The minimum atomic E-state index is -0.914. The van der Waals surface area contributed by atoms with E-state index in [1.54, 1.807) is 18.4 Å². The first kappa shape index (κ1) is 12.9. The molecule has 0 bridgehead atoms. The maximum Gasteiger partial charge on any atom is 0.200 e. The van der Waals surface area contributed by atoms with Crippen LogP contribution in [0.5, 0.6) is 5.75 Å². The molecule has 0 saturated carbocycles. The number of allylic oxidation sites excluding steroid dienone is 1. The molecular formula is C14H16F2O2. The summed E-state index contributed by atoms with van der Waals surface area (Å²) in [5.41, 5.74) is 1.22. The Hall–Kier alpha value is -1.58. The molecule has 1 atom stereocenters. The van der Waals surface area contributed by atoms with Gasteiger partial charge < -0.3 is 9.47 Å². The maximum absolute atomic E-state index is 13.9. The SMILES string of the molecule is C/C=C/OC1CCc2cc(OC)c(F)c(F)c2C1. The summed E-state index contributed by atoms with van der Waals surface area (Å²) in [4.78, 5) is 0. The smallest absolute Gasteiger partial charge is 0.200 e. The fourth-order valence-electron chi connectivity index (χ4n) is 2.23. The van der Waals surface area contributed by atoms with Crippen molar-refractivity contribution in [2.45, 2.75) is 32.3 Å². The molecule has 0 spiro atoms.